The van der Waals surface area contributed by atoms with E-state index in [2.05, 4.69) is 47.7 Å². The maximum absolute atomic E-state index is 5.56. The quantitative estimate of drug-likeness (QED) is 0.877. The molecule has 0 aliphatic rings. The predicted octanol–water partition coefficient (Wildman–Crippen LogP) is 3.02. The van der Waals surface area contributed by atoms with Gasteiger partial charge in [-0.1, -0.05) is 18.2 Å². The third kappa shape index (κ3) is 2.79. The van der Waals surface area contributed by atoms with Crippen molar-refractivity contribution in [1.29, 1.82) is 0 Å². The summed E-state index contributed by atoms with van der Waals surface area (Å²) in [5, 5.41) is 0. The van der Waals surface area contributed by atoms with Crippen molar-refractivity contribution in [3.63, 3.8) is 0 Å². The highest BCUT2D eigenvalue weighted by molar-refractivity contribution is 5.60. The van der Waals surface area contributed by atoms with Crippen LogP contribution in [0.1, 0.15) is 31.9 Å². The first kappa shape index (κ1) is 12.8. The van der Waals surface area contributed by atoms with Crippen LogP contribution in [-0.2, 0) is 6.42 Å². The highest BCUT2D eigenvalue weighted by atomic mass is 15.1. The fraction of sp³-hybridized carbons (Fsp3) is 0.400. The summed E-state index contributed by atoms with van der Waals surface area (Å²) in [5.74, 6) is 0. The molecule has 0 radical (unpaired) electrons. The molecule has 0 amide bonds. The van der Waals surface area contributed by atoms with Gasteiger partial charge in [-0.25, -0.2) is 4.98 Å². The molecule has 0 spiro atoms. The van der Waals surface area contributed by atoms with Crippen LogP contribution in [0.4, 0.5) is 0 Å². The molecule has 2 rings (SSSR count). The second-order valence-electron chi connectivity index (χ2n) is 4.87. The number of aromatic nitrogens is 2. The number of nitrogens with zero attached hydrogens (tertiary/aromatic N) is 2. The lowest BCUT2D eigenvalue weighted by Gasteiger charge is -2.12. The van der Waals surface area contributed by atoms with Crippen LogP contribution in [0, 0.1) is 0 Å². The van der Waals surface area contributed by atoms with E-state index < -0.39 is 0 Å². The Morgan fingerprint density at radius 1 is 1.33 bits per heavy atom. The molecule has 1 aromatic heterocycles. The zero-order valence-electron chi connectivity index (χ0n) is 11.1. The molecule has 18 heavy (non-hydrogen) atoms. The Labute approximate surface area is 109 Å². The van der Waals surface area contributed by atoms with Gasteiger partial charge in [-0.05, 0) is 44.9 Å². The second-order valence-corrected chi connectivity index (χ2v) is 4.87. The van der Waals surface area contributed by atoms with Crippen LogP contribution in [0.25, 0.3) is 11.3 Å². The van der Waals surface area contributed by atoms with Crippen LogP contribution < -0.4 is 5.73 Å². The van der Waals surface area contributed by atoms with Gasteiger partial charge in [-0.3, -0.25) is 0 Å². The van der Waals surface area contributed by atoms with Crippen molar-refractivity contribution in [2.24, 2.45) is 5.73 Å². The SMILES string of the molecule is CC(C)n1cncc1-c1cccc(CCCN)c1. The monoisotopic (exact) mass is 243 g/mol. The molecule has 0 fully saturated rings. The molecule has 1 heterocycles. The molecule has 0 bridgehead atoms. The van der Waals surface area contributed by atoms with Gasteiger partial charge in [0.15, 0.2) is 0 Å². The summed E-state index contributed by atoms with van der Waals surface area (Å²) in [7, 11) is 0. The fourth-order valence-electron chi connectivity index (χ4n) is 2.13. The van der Waals surface area contributed by atoms with E-state index in [9.17, 15) is 0 Å². The normalized spacial score (nSPS) is 11.1. The number of nitrogens with two attached hydrogens (primary N) is 1. The number of rotatable bonds is 5. The first-order valence-electron chi connectivity index (χ1n) is 6.53. The van der Waals surface area contributed by atoms with E-state index in [1.165, 1.54) is 16.8 Å². The lowest BCUT2D eigenvalue weighted by Crippen LogP contribution is -2.02. The molecule has 0 saturated heterocycles. The lowest BCUT2D eigenvalue weighted by atomic mass is 10.0. The zero-order valence-corrected chi connectivity index (χ0v) is 11.1. The molecular weight excluding hydrogens is 222 g/mol. The van der Waals surface area contributed by atoms with Crippen molar-refractivity contribution in [3.05, 3.63) is 42.4 Å². The van der Waals surface area contributed by atoms with Crippen LogP contribution in [-0.4, -0.2) is 16.1 Å². The summed E-state index contributed by atoms with van der Waals surface area (Å²) in [6.45, 7) is 5.08. The van der Waals surface area contributed by atoms with E-state index in [4.69, 9.17) is 5.73 Å². The molecule has 3 heteroatoms. The standard InChI is InChI=1S/C15H21N3/c1-12(2)18-11-17-10-15(18)14-7-3-5-13(9-14)6-4-8-16/h3,5,7,9-12H,4,6,8,16H2,1-2H3. The Balaban J connectivity index is 2.29. The third-order valence-electron chi connectivity index (χ3n) is 3.11. The van der Waals surface area contributed by atoms with Gasteiger partial charge in [0.2, 0.25) is 0 Å². The Kier molecular flexibility index (Phi) is 4.15. The van der Waals surface area contributed by atoms with E-state index >= 15 is 0 Å². The molecule has 0 aliphatic carbocycles. The second kappa shape index (κ2) is 5.83. The average Bonchev–Trinajstić information content (AvgIpc) is 2.86. The smallest absolute Gasteiger partial charge is 0.0953 e. The topological polar surface area (TPSA) is 43.8 Å². The van der Waals surface area contributed by atoms with Gasteiger partial charge in [-0.2, -0.15) is 0 Å². The maximum Gasteiger partial charge on any atom is 0.0953 e. The minimum Gasteiger partial charge on any atom is -0.330 e. The van der Waals surface area contributed by atoms with Crippen LogP contribution in [0.5, 0.6) is 0 Å². The number of hydrogen-bond acceptors (Lipinski definition) is 2. The van der Waals surface area contributed by atoms with Gasteiger partial charge in [0.1, 0.15) is 0 Å². The predicted molar refractivity (Wildman–Crippen MR) is 75.4 cm³/mol. The average molecular weight is 243 g/mol. The van der Waals surface area contributed by atoms with Gasteiger partial charge >= 0.3 is 0 Å². The minimum atomic E-state index is 0.426. The zero-order chi connectivity index (χ0) is 13.0. The fourth-order valence-corrected chi connectivity index (χ4v) is 2.13. The first-order valence-corrected chi connectivity index (χ1v) is 6.53. The first-order chi connectivity index (χ1) is 8.72. The van der Waals surface area contributed by atoms with Gasteiger partial charge in [-0.15, -0.1) is 0 Å². The number of imidazole rings is 1. The molecule has 0 unspecified atom stereocenters. The van der Waals surface area contributed by atoms with E-state index in [0.717, 1.165) is 19.4 Å². The van der Waals surface area contributed by atoms with Gasteiger partial charge < -0.3 is 10.3 Å². The van der Waals surface area contributed by atoms with Crippen LogP contribution in [0.2, 0.25) is 0 Å². The summed E-state index contributed by atoms with van der Waals surface area (Å²) in [6, 6.07) is 9.08. The minimum absolute atomic E-state index is 0.426. The van der Waals surface area contributed by atoms with Crippen molar-refractivity contribution in [1.82, 2.24) is 9.55 Å². The van der Waals surface area contributed by atoms with E-state index in [-0.39, 0.29) is 0 Å². The summed E-state index contributed by atoms with van der Waals surface area (Å²) in [6.07, 6.45) is 5.90. The third-order valence-corrected chi connectivity index (χ3v) is 3.11. The summed E-state index contributed by atoms with van der Waals surface area (Å²) in [5.41, 5.74) is 9.31. The van der Waals surface area contributed by atoms with E-state index in [1.807, 2.05) is 12.5 Å². The largest absolute Gasteiger partial charge is 0.330 e. The van der Waals surface area contributed by atoms with Crippen LogP contribution in [0.15, 0.2) is 36.8 Å². The maximum atomic E-state index is 5.56. The number of benzene rings is 1. The van der Waals surface area contributed by atoms with Crippen molar-refractivity contribution >= 4 is 0 Å². The van der Waals surface area contributed by atoms with Gasteiger partial charge in [0.25, 0.3) is 0 Å². The van der Waals surface area contributed by atoms with Crippen LogP contribution >= 0.6 is 0 Å². The molecular formula is C15H21N3. The Morgan fingerprint density at radius 3 is 2.89 bits per heavy atom. The lowest BCUT2D eigenvalue weighted by molar-refractivity contribution is 0.605. The molecule has 0 aliphatic heterocycles. The molecule has 3 nitrogen and oxygen atoms in total. The molecule has 1 aromatic carbocycles. The van der Waals surface area contributed by atoms with Crippen molar-refractivity contribution in [2.75, 3.05) is 6.54 Å². The highest BCUT2D eigenvalue weighted by Crippen LogP contribution is 2.23. The molecule has 0 atom stereocenters. The highest BCUT2D eigenvalue weighted by Gasteiger charge is 2.07. The van der Waals surface area contributed by atoms with Crippen molar-refractivity contribution < 1.29 is 0 Å². The summed E-state index contributed by atoms with van der Waals surface area (Å²) < 4.78 is 2.20. The molecule has 2 aromatic rings. The van der Waals surface area contributed by atoms with Crippen molar-refractivity contribution in [3.8, 4) is 11.3 Å². The van der Waals surface area contributed by atoms with E-state index in [0.29, 0.717) is 6.04 Å². The van der Waals surface area contributed by atoms with Gasteiger partial charge in [0, 0.05) is 11.6 Å². The molecule has 0 saturated carbocycles. The summed E-state index contributed by atoms with van der Waals surface area (Å²) in [4.78, 5) is 4.25. The molecule has 96 valence electrons. The van der Waals surface area contributed by atoms with E-state index in [1.54, 1.807) is 0 Å². The summed E-state index contributed by atoms with van der Waals surface area (Å²) >= 11 is 0. The van der Waals surface area contributed by atoms with Gasteiger partial charge in [0.05, 0.1) is 18.2 Å². The van der Waals surface area contributed by atoms with Crippen molar-refractivity contribution in [2.45, 2.75) is 32.7 Å². The number of hydrogen-bond donors (Lipinski definition) is 1. The number of aryl methyl sites for hydroxylation is 1. The molecule has 2 N–H and O–H groups in total. The Morgan fingerprint density at radius 2 is 2.17 bits per heavy atom. The van der Waals surface area contributed by atoms with Crippen LogP contribution in [0.3, 0.4) is 0 Å². The Hall–Kier alpha value is -1.61. The Bertz CT molecular complexity index is 500.